The molecule has 1 N–H and O–H groups in total. The highest BCUT2D eigenvalue weighted by molar-refractivity contribution is 7.99. The van der Waals surface area contributed by atoms with Gasteiger partial charge in [0.2, 0.25) is 5.91 Å². The lowest BCUT2D eigenvalue weighted by atomic mass is 9.53. The van der Waals surface area contributed by atoms with E-state index >= 15 is 0 Å². The van der Waals surface area contributed by atoms with Crippen LogP contribution in [-0.2, 0) is 11.3 Å². The first-order valence-electron chi connectivity index (χ1n) is 10.0. The number of aromatic nitrogens is 3. The first-order chi connectivity index (χ1) is 13.1. The van der Waals surface area contributed by atoms with Crippen LogP contribution in [0.1, 0.15) is 45.4 Å². The standard InChI is InChI=1S/C20H26N4O2S/c1-2-24-18(16-4-3-5-26-16)22-23-19(24)27-12-17(25)21-20-9-13-6-14(10-20)8-15(7-13)11-20/h3-5,13-15H,2,6-12H2,1H3,(H,21,25). The monoisotopic (exact) mass is 386 g/mol. The van der Waals surface area contributed by atoms with Crippen LogP contribution in [0.15, 0.2) is 28.0 Å². The van der Waals surface area contributed by atoms with Crippen molar-refractivity contribution >= 4 is 17.7 Å². The van der Waals surface area contributed by atoms with Gasteiger partial charge in [-0.15, -0.1) is 10.2 Å². The van der Waals surface area contributed by atoms with Crippen LogP contribution in [0.5, 0.6) is 0 Å². The van der Waals surface area contributed by atoms with E-state index in [0.29, 0.717) is 17.3 Å². The van der Waals surface area contributed by atoms with Crippen molar-refractivity contribution in [2.75, 3.05) is 5.75 Å². The molecule has 0 aliphatic heterocycles. The van der Waals surface area contributed by atoms with Crippen LogP contribution in [0, 0.1) is 17.8 Å². The van der Waals surface area contributed by atoms with E-state index in [2.05, 4.69) is 22.4 Å². The Balaban J connectivity index is 1.24. The molecular formula is C20H26N4O2S. The first kappa shape index (κ1) is 17.3. The molecule has 6 rings (SSSR count). The van der Waals surface area contributed by atoms with Crippen molar-refractivity contribution in [3.63, 3.8) is 0 Å². The number of furan rings is 1. The maximum Gasteiger partial charge on any atom is 0.230 e. The van der Waals surface area contributed by atoms with Gasteiger partial charge in [-0.25, -0.2) is 0 Å². The van der Waals surface area contributed by atoms with Crippen molar-refractivity contribution in [1.82, 2.24) is 20.1 Å². The van der Waals surface area contributed by atoms with Crippen LogP contribution in [0.3, 0.4) is 0 Å². The molecule has 0 aromatic carbocycles. The summed E-state index contributed by atoms with van der Waals surface area (Å²) in [5, 5.41) is 12.7. The number of hydrogen-bond donors (Lipinski definition) is 1. The van der Waals surface area contributed by atoms with E-state index in [1.807, 2.05) is 16.7 Å². The molecule has 2 heterocycles. The van der Waals surface area contributed by atoms with Gasteiger partial charge in [-0.3, -0.25) is 9.36 Å². The van der Waals surface area contributed by atoms with Crippen LogP contribution in [0.25, 0.3) is 11.6 Å². The van der Waals surface area contributed by atoms with Crippen molar-refractivity contribution < 1.29 is 9.21 Å². The predicted octanol–water partition coefficient (Wildman–Crippen LogP) is 3.74. The van der Waals surface area contributed by atoms with Gasteiger partial charge in [0, 0.05) is 12.1 Å². The molecule has 4 saturated carbocycles. The van der Waals surface area contributed by atoms with E-state index in [-0.39, 0.29) is 11.4 Å². The molecule has 0 spiro atoms. The number of nitrogens with one attached hydrogen (secondary N) is 1. The molecule has 4 aliphatic rings. The van der Waals surface area contributed by atoms with Gasteiger partial charge in [0.05, 0.1) is 12.0 Å². The summed E-state index contributed by atoms with van der Waals surface area (Å²) in [5.74, 6) is 4.44. The number of amides is 1. The zero-order valence-electron chi connectivity index (χ0n) is 15.7. The van der Waals surface area contributed by atoms with Crippen LogP contribution in [-0.4, -0.2) is 32.0 Å². The molecule has 7 heteroatoms. The van der Waals surface area contributed by atoms with Gasteiger partial charge in [0.1, 0.15) is 0 Å². The molecule has 4 bridgehead atoms. The summed E-state index contributed by atoms with van der Waals surface area (Å²) in [7, 11) is 0. The fraction of sp³-hybridized carbons (Fsp3) is 0.650. The summed E-state index contributed by atoms with van der Waals surface area (Å²) in [6, 6.07) is 3.72. The Morgan fingerprint density at radius 2 is 1.96 bits per heavy atom. The van der Waals surface area contributed by atoms with Gasteiger partial charge < -0.3 is 9.73 Å². The Kier molecular flexibility index (Phi) is 4.30. The summed E-state index contributed by atoms with van der Waals surface area (Å²) in [4.78, 5) is 12.7. The number of carbonyl (C=O) groups is 1. The van der Waals surface area contributed by atoms with Crippen LogP contribution in [0.2, 0.25) is 0 Å². The highest BCUT2D eigenvalue weighted by atomic mass is 32.2. The Labute approximate surface area is 163 Å². The Morgan fingerprint density at radius 1 is 1.26 bits per heavy atom. The maximum atomic E-state index is 12.7. The minimum absolute atomic E-state index is 0.0736. The van der Waals surface area contributed by atoms with E-state index in [0.717, 1.165) is 29.5 Å². The molecule has 27 heavy (non-hydrogen) atoms. The highest BCUT2D eigenvalue weighted by Gasteiger charge is 2.51. The van der Waals surface area contributed by atoms with Crippen molar-refractivity contribution in [3.05, 3.63) is 18.4 Å². The van der Waals surface area contributed by atoms with Gasteiger partial charge in [-0.2, -0.15) is 0 Å². The number of carbonyl (C=O) groups excluding carboxylic acids is 1. The first-order valence-corrected chi connectivity index (χ1v) is 11.0. The maximum absolute atomic E-state index is 12.7. The predicted molar refractivity (Wildman–Crippen MR) is 103 cm³/mol. The third-order valence-electron chi connectivity index (χ3n) is 6.55. The SMILES string of the molecule is CCn1c(SCC(=O)NC23CC4CC(CC(C4)C2)C3)nnc1-c1ccco1. The molecule has 0 saturated heterocycles. The quantitative estimate of drug-likeness (QED) is 0.766. The Bertz CT molecular complexity index is 794. The molecule has 1 amide bonds. The van der Waals surface area contributed by atoms with E-state index in [9.17, 15) is 4.79 Å². The van der Waals surface area contributed by atoms with Gasteiger partial charge in [-0.1, -0.05) is 11.8 Å². The van der Waals surface area contributed by atoms with Crippen LogP contribution in [0.4, 0.5) is 0 Å². The van der Waals surface area contributed by atoms with Gasteiger partial charge in [-0.05, 0) is 75.3 Å². The summed E-state index contributed by atoms with van der Waals surface area (Å²) < 4.78 is 7.45. The lowest BCUT2D eigenvalue weighted by Gasteiger charge is -2.56. The number of thioether (sulfide) groups is 1. The van der Waals surface area contributed by atoms with E-state index in [1.165, 1.54) is 50.3 Å². The molecule has 4 aliphatic carbocycles. The van der Waals surface area contributed by atoms with E-state index < -0.39 is 0 Å². The molecule has 0 atom stereocenters. The molecular weight excluding hydrogens is 360 g/mol. The number of hydrogen-bond acceptors (Lipinski definition) is 5. The topological polar surface area (TPSA) is 73.0 Å². The molecule has 2 aromatic rings. The second-order valence-corrected chi connectivity index (χ2v) is 9.50. The Hall–Kier alpha value is -1.76. The average molecular weight is 387 g/mol. The number of nitrogens with zero attached hydrogens (tertiary/aromatic N) is 3. The molecule has 144 valence electrons. The van der Waals surface area contributed by atoms with Crippen molar-refractivity contribution in [2.45, 2.75) is 62.7 Å². The zero-order valence-corrected chi connectivity index (χ0v) is 16.5. The minimum Gasteiger partial charge on any atom is -0.461 e. The van der Waals surface area contributed by atoms with Gasteiger partial charge in [0.25, 0.3) is 0 Å². The summed E-state index contributed by atoms with van der Waals surface area (Å²) in [5.41, 5.74) is 0.0736. The molecule has 6 nitrogen and oxygen atoms in total. The summed E-state index contributed by atoms with van der Waals surface area (Å²) in [6.07, 6.45) is 9.35. The number of rotatable bonds is 6. The smallest absolute Gasteiger partial charge is 0.230 e. The average Bonchev–Trinajstić information content (AvgIpc) is 3.27. The largest absolute Gasteiger partial charge is 0.461 e. The van der Waals surface area contributed by atoms with Crippen LogP contribution >= 0.6 is 11.8 Å². The lowest BCUT2D eigenvalue weighted by molar-refractivity contribution is -0.124. The molecule has 0 radical (unpaired) electrons. The second kappa shape index (κ2) is 6.69. The fourth-order valence-electron chi connectivity index (χ4n) is 5.99. The second-order valence-electron chi connectivity index (χ2n) is 8.56. The Morgan fingerprint density at radius 3 is 2.56 bits per heavy atom. The van der Waals surface area contributed by atoms with Crippen molar-refractivity contribution in [3.8, 4) is 11.6 Å². The lowest BCUT2D eigenvalue weighted by Crippen LogP contribution is -2.60. The third-order valence-corrected chi connectivity index (χ3v) is 7.52. The van der Waals surface area contributed by atoms with E-state index in [1.54, 1.807) is 6.26 Å². The normalized spacial score (nSPS) is 31.4. The molecule has 4 fully saturated rings. The third kappa shape index (κ3) is 3.20. The van der Waals surface area contributed by atoms with Crippen molar-refractivity contribution in [1.29, 1.82) is 0 Å². The van der Waals surface area contributed by atoms with Crippen molar-refractivity contribution in [2.24, 2.45) is 17.8 Å². The molecule has 0 unspecified atom stereocenters. The van der Waals surface area contributed by atoms with Gasteiger partial charge >= 0.3 is 0 Å². The summed E-state index contributed by atoms with van der Waals surface area (Å²) >= 11 is 1.46. The molecule has 2 aromatic heterocycles. The fourth-order valence-corrected chi connectivity index (χ4v) is 6.80. The van der Waals surface area contributed by atoms with E-state index in [4.69, 9.17) is 4.42 Å². The summed E-state index contributed by atoms with van der Waals surface area (Å²) in [6.45, 7) is 2.79. The highest BCUT2D eigenvalue weighted by Crippen LogP contribution is 2.55. The minimum atomic E-state index is 0.0736. The zero-order chi connectivity index (χ0) is 18.4. The van der Waals surface area contributed by atoms with Gasteiger partial charge in [0.15, 0.2) is 16.7 Å². The van der Waals surface area contributed by atoms with Crippen LogP contribution < -0.4 is 5.32 Å².